The fourth-order valence-electron chi connectivity index (χ4n) is 9.15. The van der Waals surface area contributed by atoms with Crippen LogP contribution in [0.4, 0.5) is 21.6 Å². The smallest absolute Gasteiger partial charge is 0.248 e. The van der Waals surface area contributed by atoms with Gasteiger partial charge in [-0.2, -0.15) is 0 Å². The maximum absolute atomic E-state index is 14.0. The first-order chi connectivity index (χ1) is 38.6. The van der Waals surface area contributed by atoms with E-state index in [1.807, 2.05) is 58.0 Å². The number of fused-ring (bicyclic) bond motifs is 1. The number of rotatable bonds is 26. The van der Waals surface area contributed by atoms with E-state index in [0.717, 1.165) is 47.6 Å². The van der Waals surface area contributed by atoms with E-state index < -0.39 is 41.2 Å². The number of nitrogens with zero attached hydrogens (tertiary/aromatic N) is 8. The summed E-state index contributed by atoms with van der Waals surface area (Å²) in [5.41, 5.74) is 5.87. The van der Waals surface area contributed by atoms with Crippen LogP contribution >= 0.6 is 22.9 Å². The molecule has 3 unspecified atom stereocenters. The van der Waals surface area contributed by atoms with Crippen LogP contribution in [0.25, 0.3) is 21.3 Å². The normalized spacial score (nSPS) is 16.3. The van der Waals surface area contributed by atoms with Crippen LogP contribution in [0.15, 0.2) is 84.8 Å². The van der Waals surface area contributed by atoms with Crippen LogP contribution in [0.3, 0.4) is 0 Å². The van der Waals surface area contributed by atoms with Gasteiger partial charge in [0.2, 0.25) is 23.6 Å². The van der Waals surface area contributed by atoms with E-state index in [1.165, 1.54) is 41.9 Å². The molecular formula is C56H68ClFN12O9S. The standard InChI is InChI=1S/C56H68ClFN12O9S/c1-36-51(80-35-62-36)38-12-10-37(11-13-38)29-59-54(74)47-26-41(71)31-70(47)55(75)52(56(2,3)4)65-50(73)33-78-24-23-77-22-21-76-20-19-69-30-40(66-67-69)32-79-48-28-45-42(53(61-34-60-45)63-39-14-15-44(58)43(57)25-39)27-46(48)64-49(72)9-8-18-68-16-6-5-7-17-68/h8-15,25,27-28,30,34-35,41,47,52,71H,5-7,16-24,26,29,31-33H2,1-4H3,(H,59,74)(H,64,72)(H,65,73)(H,60,61,63). The summed E-state index contributed by atoms with van der Waals surface area (Å²) >= 11 is 7.60. The summed E-state index contributed by atoms with van der Waals surface area (Å²) in [6.07, 6.45) is 9.16. The van der Waals surface area contributed by atoms with Gasteiger partial charge in [0.1, 0.15) is 54.7 Å². The highest BCUT2D eigenvalue weighted by Gasteiger charge is 2.44. The summed E-state index contributed by atoms with van der Waals surface area (Å²) in [7, 11) is 0. The predicted octanol–water partition coefficient (Wildman–Crippen LogP) is 6.61. The van der Waals surface area contributed by atoms with E-state index >= 15 is 0 Å². The van der Waals surface area contributed by atoms with Crippen molar-refractivity contribution >= 4 is 74.7 Å². The lowest BCUT2D eigenvalue weighted by atomic mass is 9.85. The van der Waals surface area contributed by atoms with Crippen molar-refractivity contribution in [2.45, 2.75) is 91.3 Å². The number of anilines is 3. The van der Waals surface area contributed by atoms with Crippen molar-refractivity contribution in [2.24, 2.45) is 5.41 Å². The molecule has 21 nitrogen and oxygen atoms in total. The molecule has 0 radical (unpaired) electrons. The number of thiazole rings is 1. The van der Waals surface area contributed by atoms with Crippen LogP contribution in [0.2, 0.25) is 5.02 Å². The highest BCUT2D eigenvalue weighted by molar-refractivity contribution is 7.13. The number of amides is 4. The minimum atomic E-state index is -0.994. The van der Waals surface area contributed by atoms with Gasteiger partial charge in [-0.15, -0.1) is 16.4 Å². The molecular weight excluding hydrogens is 1070 g/mol. The van der Waals surface area contributed by atoms with Gasteiger partial charge < -0.3 is 50.2 Å². The van der Waals surface area contributed by atoms with Crippen molar-refractivity contribution in [2.75, 3.05) is 76.5 Å². The topological polar surface area (TPSA) is 249 Å². The van der Waals surface area contributed by atoms with Crippen LogP contribution in [-0.2, 0) is 53.1 Å². The zero-order chi connectivity index (χ0) is 56.6. The first-order valence-electron chi connectivity index (χ1n) is 26.6. The van der Waals surface area contributed by atoms with Crippen LogP contribution in [0.1, 0.15) is 63.4 Å². The molecule has 2 saturated heterocycles. The number of carbonyl (C=O) groups excluding carboxylic acids is 4. The molecule has 3 aromatic carbocycles. The number of nitrogens with one attached hydrogen (secondary N) is 4. The van der Waals surface area contributed by atoms with Crippen LogP contribution in [0.5, 0.6) is 5.75 Å². The maximum atomic E-state index is 14.0. The number of benzene rings is 3. The molecule has 5 heterocycles. The number of aryl methyl sites for hydroxylation is 1. The summed E-state index contributed by atoms with van der Waals surface area (Å²) in [5, 5.41) is 31.4. The zero-order valence-electron chi connectivity index (χ0n) is 45.3. The third-order valence-electron chi connectivity index (χ3n) is 13.4. The summed E-state index contributed by atoms with van der Waals surface area (Å²) in [6, 6.07) is 13.6. The third-order valence-corrected chi connectivity index (χ3v) is 14.6. The average Bonchev–Trinajstić information content (AvgIpc) is 4.23. The first kappa shape index (κ1) is 59.1. The van der Waals surface area contributed by atoms with Crippen LogP contribution in [-0.4, -0.2) is 152 Å². The Labute approximate surface area is 472 Å². The first-order valence-corrected chi connectivity index (χ1v) is 27.8. The molecule has 5 N–H and O–H groups in total. The molecule has 3 atom stereocenters. The number of hydrogen-bond donors (Lipinski definition) is 5. The monoisotopic (exact) mass is 1140 g/mol. The lowest BCUT2D eigenvalue weighted by molar-refractivity contribution is -0.144. The fourth-order valence-corrected chi connectivity index (χ4v) is 10.1. The summed E-state index contributed by atoms with van der Waals surface area (Å²) in [6.45, 7) is 11.6. The van der Waals surface area contributed by atoms with Crippen molar-refractivity contribution in [3.05, 3.63) is 113 Å². The van der Waals surface area contributed by atoms with E-state index in [-0.39, 0.29) is 76.0 Å². The minimum absolute atomic E-state index is 0.0219. The van der Waals surface area contributed by atoms with Crippen molar-refractivity contribution in [1.29, 1.82) is 0 Å². The Morgan fingerprint density at radius 2 is 1.71 bits per heavy atom. The molecule has 6 aromatic rings. The number of aliphatic hydroxyl groups is 1. The van der Waals surface area contributed by atoms with Gasteiger partial charge in [-0.25, -0.2) is 24.0 Å². The molecule has 4 amide bonds. The second-order valence-electron chi connectivity index (χ2n) is 20.6. The Morgan fingerprint density at radius 1 is 0.950 bits per heavy atom. The van der Waals surface area contributed by atoms with Gasteiger partial charge in [-0.05, 0) is 73.7 Å². The third kappa shape index (κ3) is 16.8. The lowest BCUT2D eigenvalue weighted by Gasteiger charge is -2.35. The molecule has 0 bridgehead atoms. The Bertz CT molecular complexity index is 3100. The van der Waals surface area contributed by atoms with Crippen molar-refractivity contribution in [3.63, 3.8) is 0 Å². The molecule has 426 valence electrons. The number of carbonyl (C=O) groups is 4. The van der Waals surface area contributed by atoms with Gasteiger partial charge in [-0.1, -0.05) is 74.3 Å². The summed E-state index contributed by atoms with van der Waals surface area (Å²) < 4.78 is 38.7. The lowest BCUT2D eigenvalue weighted by Crippen LogP contribution is -2.58. The Balaban J connectivity index is 0.740. The molecule has 0 spiro atoms. The minimum Gasteiger partial charge on any atom is -0.485 e. The summed E-state index contributed by atoms with van der Waals surface area (Å²) in [5.74, 6) is -1.51. The van der Waals surface area contributed by atoms with Gasteiger partial charge in [0.05, 0.1) is 84.2 Å². The molecule has 0 saturated carbocycles. The number of halogens is 2. The highest BCUT2D eigenvalue weighted by atomic mass is 35.5. The van der Waals surface area contributed by atoms with E-state index in [0.29, 0.717) is 59.2 Å². The number of aliphatic hydroxyl groups excluding tert-OH is 1. The Kier molecular flexibility index (Phi) is 21.0. The SMILES string of the molecule is Cc1ncsc1-c1ccc(CNC(=O)C2CC(O)CN2C(=O)C(NC(=O)COCCOCCOCCn2cc(COc3cc4ncnc(Nc5ccc(F)c(Cl)c5)c4cc3NC(=O)C=CCN3CCCCC3)nn2)C(C)(C)C)cc1. The molecule has 8 rings (SSSR count). The number of likely N-dealkylation sites (tertiary alicyclic amines) is 2. The molecule has 0 aliphatic carbocycles. The van der Waals surface area contributed by atoms with Gasteiger partial charge in [-0.3, -0.25) is 24.1 Å². The second-order valence-corrected chi connectivity index (χ2v) is 21.8. The van der Waals surface area contributed by atoms with E-state index in [4.69, 9.17) is 30.5 Å². The number of hydrogen-bond acceptors (Lipinski definition) is 17. The highest BCUT2D eigenvalue weighted by Crippen LogP contribution is 2.35. The predicted molar refractivity (Wildman–Crippen MR) is 301 cm³/mol. The van der Waals surface area contributed by atoms with Crippen LogP contribution < -0.4 is 26.0 Å². The molecule has 24 heteroatoms. The van der Waals surface area contributed by atoms with Crippen LogP contribution in [0, 0.1) is 18.2 Å². The van der Waals surface area contributed by atoms with Crippen molar-refractivity contribution < 1.29 is 47.6 Å². The van der Waals surface area contributed by atoms with E-state index in [1.54, 1.807) is 39.9 Å². The number of piperidine rings is 1. The fraction of sp³-hybridized carbons (Fsp3) is 0.446. The molecule has 3 aromatic heterocycles. The number of aromatic nitrogens is 6. The number of ether oxygens (including phenoxy) is 4. The maximum Gasteiger partial charge on any atom is 0.248 e. The molecule has 2 fully saturated rings. The molecule has 80 heavy (non-hydrogen) atoms. The van der Waals surface area contributed by atoms with E-state index in [9.17, 15) is 28.7 Å². The van der Waals surface area contributed by atoms with Gasteiger partial charge in [0.25, 0.3) is 0 Å². The molecule has 2 aliphatic rings. The average molecular weight is 1140 g/mol. The van der Waals surface area contributed by atoms with Crippen molar-refractivity contribution in [1.82, 2.24) is 50.4 Å². The second kappa shape index (κ2) is 28.4. The Morgan fingerprint density at radius 3 is 2.45 bits per heavy atom. The summed E-state index contributed by atoms with van der Waals surface area (Å²) in [4.78, 5) is 71.7. The van der Waals surface area contributed by atoms with E-state index in [2.05, 4.69) is 51.4 Å². The Hall–Kier alpha value is -6.99. The van der Waals surface area contributed by atoms with Gasteiger partial charge >= 0.3 is 0 Å². The van der Waals surface area contributed by atoms with Crippen molar-refractivity contribution in [3.8, 4) is 16.2 Å². The largest absolute Gasteiger partial charge is 0.485 e. The molecule has 2 aliphatic heterocycles. The van der Waals surface area contributed by atoms with Gasteiger partial charge in [0, 0.05) is 49.3 Å². The van der Waals surface area contributed by atoms with Gasteiger partial charge in [0.15, 0.2) is 0 Å². The zero-order valence-corrected chi connectivity index (χ0v) is 46.9. The quantitative estimate of drug-likeness (QED) is 0.0283. The number of β-amino-alcohol motifs (C(OH)–C–C–N with tert-alkyl or cyclic N) is 1.